The highest BCUT2D eigenvalue weighted by molar-refractivity contribution is 6.39. The van der Waals surface area contributed by atoms with Crippen molar-refractivity contribution in [2.45, 2.75) is 18.4 Å². The number of nitro groups is 1. The van der Waals surface area contributed by atoms with Gasteiger partial charge in [-0.1, -0.05) is 23.2 Å². The van der Waals surface area contributed by atoms with Gasteiger partial charge in [0.25, 0.3) is 5.69 Å². The van der Waals surface area contributed by atoms with Crippen molar-refractivity contribution in [3.05, 3.63) is 32.3 Å². The third kappa shape index (κ3) is 2.16. The smallest absolute Gasteiger partial charge is 0.272 e. The highest BCUT2D eigenvalue weighted by Crippen LogP contribution is 2.48. The van der Waals surface area contributed by atoms with Crippen molar-refractivity contribution in [3.8, 4) is 0 Å². The first-order chi connectivity index (χ1) is 8.90. The van der Waals surface area contributed by atoms with E-state index >= 15 is 0 Å². The molecule has 1 aromatic carbocycles. The summed E-state index contributed by atoms with van der Waals surface area (Å²) < 4.78 is 0. The van der Waals surface area contributed by atoms with Crippen molar-refractivity contribution in [1.82, 2.24) is 0 Å². The highest BCUT2D eigenvalue weighted by Gasteiger charge is 2.52. The number of anilines is 1. The largest absolute Gasteiger partial charge is 0.386 e. The summed E-state index contributed by atoms with van der Waals surface area (Å²) in [5, 5.41) is 21.5. The SMILES string of the molecule is O=[N+]([O-])c1cc(Cl)c(N2CC(O)(C3CC3)C2)c(Cl)c1. The maximum Gasteiger partial charge on any atom is 0.272 e. The van der Waals surface area contributed by atoms with E-state index in [1.54, 1.807) is 0 Å². The normalized spacial score (nSPS) is 21.1. The summed E-state index contributed by atoms with van der Waals surface area (Å²) in [6, 6.07) is 2.58. The summed E-state index contributed by atoms with van der Waals surface area (Å²) in [4.78, 5) is 12.0. The van der Waals surface area contributed by atoms with Crippen LogP contribution in [0.3, 0.4) is 0 Å². The van der Waals surface area contributed by atoms with E-state index in [0.717, 1.165) is 12.8 Å². The molecule has 0 bridgehead atoms. The van der Waals surface area contributed by atoms with Crippen LogP contribution in [0.4, 0.5) is 11.4 Å². The Kier molecular flexibility index (Phi) is 2.89. The van der Waals surface area contributed by atoms with Crippen molar-refractivity contribution < 1.29 is 10.0 Å². The van der Waals surface area contributed by atoms with Crippen LogP contribution in [0.2, 0.25) is 10.0 Å². The molecule has 0 unspecified atom stereocenters. The molecule has 1 aliphatic heterocycles. The Morgan fingerprint density at radius 2 is 1.84 bits per heavy atom. The Balaban J connectivity index is 1.84. The van der Waals surface area contributed by atoms with Gasteiger partial charge in [0.05, 0.1) is 20.7 Å². The van der Waals surface area contributed by atoms with E-state index in [1.165, 1.54) is 12.1 Å². The highest BCUT2D eigenvalue weighted by atomic mass is 35.5. The van der Waals surface area contributed by atoms with Crippen LogP contribution >= 0.6 is 23.2 Å². The summed E-state index contributed by atoms with van der Waals surface area (Å²) in [6.45, 7) is 0.962. The molecule has 19 heavy (non-hydrogen) atoms. The number of rotatable bonds is 3. The van der Waals surface area contributed by atoms with Crippen molar-refractivity contribution in [1.29, 1.82) is 0 Å². The van der Waals surface area contributed by atoms with Gasteiger partial charge in [-0.25, -0.2) is 0 Å². The molecule has 1 saturated carbocycles. The second kappa shape index (κ2) is 4.23. The lowest BCUT2D eigenvalue weighted by Crippen LogP contribution is -2.63. The predicted octanol–water partition coefficient (Wildman–Crippen LogP) is 2.86. The summed E-state index contributed by atoms with van der Waals surface area (Å²) in [6.07, 6.45) is 2.12. The van der Waals surface area contributed by atoms with Crippen LogP contribution < -0.4 is 4.90 Å². The monoisotopic (exact) mass is 302 g/mol. The zero-order chi connectivity index (χ0) is 13.8. The fourth-order valence-corrected chi connectivity index (χ4v) is 3.33. The standard InChI is InChI=1S/C12H12Cl2N2O3/c13-9-3-8(16(18)19)4-10(14)11(9)15-5-12(17,6-15)7-1-2-7/h3-4,7,17H,1-2,5-6H2. The number of aliphatic hydroxyl groups is 1. The summed E-state index contributed by atoms with van der Waals surface area (Å²) >= 11 is 12.1. The molecule has 1 N–H and O–H groups in total. The van der Waals surface area contributed by atoms with Crippen molar-refractivity contribution >= 4 is 34.6 Å². The summed E-state index contributed by atoms with van der Waals surface area (Å²) in [5.41, 5.74) is -0.204. The topological polar surface area (TPSA) is 66.6 Å². The Morgan fingerprint density at radius 3 is 2.26 bits per heavy atom. The number of benzene rings is 1. The number of hydrogen-bond donors (Lipinski definition) is 1. The predicted molar refractivity (Wildman–Crippen MR) is 73.0 cm³/mol. The molecule has 0 radical (unpaired) electrons. The molecular formula is C12H12Cl2N2O3. The zero-order valence-electron chi connectivity index (χ0n) is 9.97. The number of β-amino-alcohol motifs (C(OH)–C–C–N with tert-alkyl or cyclic N) is 1. The minimum Gasteiger partial charge on any atom is -0.386 e. The van der Waals surface area contributed by atoms with Gasteiger partial charge in [0.2, 0.25) is 0 Å². The van der Waals surface area contributed by atoms with Crippen LogP contribution in [0.1, 0.15) is 12.8 Å². The maximum absolute atomic E-state index is 10.7. The van der Waals surface area contributed by atoms with Crippen LogP contribution in [0, 0.1) is 16.0 Å². The first-order valence-corrected chi connectivity index (χ1v) is 6.77. The Morgan fingerprint density at radius 1 is 1.32 bits per heavy atom. The molecule has 1 aliphatic carbocycles. The molecule has 0 aromatic heterocycles. The third-order valence-electron chi connectivity index (χ3n) is 3.80. The molecule has 5 nitrogen and oxygen atoms in total. The van der Waals surface area contributed by atoms with Crippen LogP contribution in [-0.2, 0) is 0 Å². The molecule has 3 rings (SSSR count). The van der Waals surface area contributed by atoms with E-state index < -0.39 is 10.5 Å². The first-order valence-electron chi connectivity index (χ1n) is 6.01. The van der Waals surface area contributed by atoms with Crippen LogP contribution in [0.15, 0.2) is 12.1 Å². The van der Waals surface area contributed by atoms with Gasteiger partial charge >= 0.3 is 0 Å². The fraction of sp³-hybridized carbons (Fsp3) is 0.500. The Hall–Kier alpha value is -1.04. The van der Waals surface area contributed by atoms with Gasteiger partial charge in [-0.3, -0.25) is 10.1 Å². The Labute approximate surface area is 119 Å². The molecule has 1 saturated heterocycles. The molecule has 0 atom stereocenters. The fourth-order valence-electron chi connectivity index (χ4n) is 2.61. The van der Waals surface area contributed by atoms with E-state index in [0.29, 0.717) is 24.7 Å². The number of halogens is 2. The lowest BCUT2D eigenvalue weighted by Gasteiger charge is -2.48. The number of hydrogen-bond acceptors (Lipinski definition) is 4. The molecule has 0 spiro atoms. The van der Waals surface area contributed by atoms with Gasteiger partial charge in [-0.05, 0) is 18.8 Å². The molecule has 7 heteroatoms. The molecule has 0 amide bonds. The van der Waals surface area contributed by atoms with E-state index in [1.807, 2.05) is 4.90 Å². The summed E-state index contributed by atoms with van der Waals surface area (Å²) in [7, 11) is 0. The maximum atomic E-state index is 10.7. The number of nitrogens with zero attached hydrogens (tertiary/aromatic N) is 2. The number of nitro benzene ring substituents is 1. The van der Waals surface area contributed by atoms with E-state index in [2.05, 4.69) is 0 Å². The lowest BCUT2D eigenvalue weighted by atomic mass is 9.88. The second-order valence-corrected chi connectivity index (χ2v) is 6.06. The van der Waals surface area contributed by atoms with Gasteiger partial charge < -0.3 is 10.0 Å². The van der Waals surface area contributed by atoms with Gasteiger partial charge in [0, 0.05) is 25.2 Å². The Bertz CT molecular complexity index is 531. The average molecular weight is 303 g/mol. The molecular weight excluding hydrogens is 291 g/mol. The first kappa shape index (κ1) is 13.0. The minimum atomic E-state index is -0.644. The average Bonchev–Trinajstić information content (AvgIpc) is 3.08. The second-order valence-electron chi connectivity index (χ2n) is 5.25. The molecule has 2 fully saturated rings. The van der Waals surface area contributed by atoms with Crippen LogP contribution in [0.5, 0.6) is 0 Å². The van der Waals surface area contributed by atoms with Gasteiger partial charge in [0.15, 0.2) is 0 Å². The van der Waals surface area contributed by atoms with Crippen molar-refractivity contribution in [2.24, 2.45) is 5.92 Å². The van der Waals surface area contributed by atoms with Gasteiger partial charge in [-0.2, -0.15) is 0 Å². The van der Waals surface area contributed by atoms with Crippen LogP contribution in [-0.4, -0.2) is 28.7 Å². The van der Waals surface area contributed by atoms with Gasteiger partial charge in [-0.15, -0.1) is 0 Å². The molecule has 102 valence electrons. The van der Waals surface area contributed by atoms with Gasteiger partial charge in [0.1, 0.15) is 5.60 Å². The van der Waals surface area contributed by atoms with Crippen LogP contribution in [0.25, 0.3) is 0 Å². The molecule has 1 aromatic rings. The van der Waals surface area contributed by atoms with Crippen molar-refractivity contribution in [3.63, 3.8) is 0 Å². The lowest BCUT2D eigenvalue weighted by molar-refractivity contribution is -0.384. The van der Waals surface area contributed by atoms with Crippen molar-refractivity contribution in [2.75, 3.05) is 18.0 Å². The van der Waals surface area contributed by atoms with E-state index in [4.69, 9.17) is 23.2 Å². The van der Waals surface area contributed by atoms with E-state index in [9.17, 15) is 15.2 Å². The number of non-ortho nitro benzene ring substituents is 1. The quantitative estimate of drug-likeness (QED) is 0.689. The van der Waals surface area contributed by atoms with E-state index in [-0.39, 0.29) is 15.7 Å². The third-order valence-corrected chi connectivity index (χ3v) is 4.37. The molecule has 1 heterocycles. The zero-order valence-corrected chi connectivity index (χ0v) is 11.5. The molecule has 2 aliphatic rings. The summed E-state index contributed by atoms with van der Waals surface area (Å²) in [5.74, 6) is 0.374. The minimum absolute atomic E-state index is 0.128.